The number of nitrogens with zero attached hydrogens (tertiary/aromatic N) is 3. The Hall–Kier alpha value is -3.23. The van der Waals surface area contributed by atoms with E-state index < -0.39 is 11.2 Å². The number of fused-ring (bicyclic) bond motifs is 4. The third-order valence-electron chi connectivity index (χ3n) is 8.55. The molecule has 3 aromatic rings. The predicted molar refractivity (Wildman–Crippen MR) is 141 cm³/mol. The van der Waals surface area contributed by atoms with Gasteiger partial charge in [0.15, 0.2) is 11.4 Å². The Morgan fingerprint density at radius 2 is 1.81 bits per heavy atom. The highest BCUT2D eigenvalue weighted by molar-refractivity contribution is 8.00. The van der Waals surface area contributed by atoms with E-state index in [1.54, 1.807) is 15.8 Å². The lowest BCUT2D eigenvalue weighted by molar-refractivity contribution is -0.0257. The van der Waals surface area contributed by atoms with Crippen LogP contribution in [0.15, 0.2) is 76.6 Å². The van der Waals surface area contributed by atoms with E-state index in [0.717, 1.165) is 25.7 Å². The normalized spacial score (nSPS) is 28.6. The molecule has 7 rings (SSSR count). The number of carbonyl (C=O) groups excluding carboxylic acids is 1. The van der Waals surface area contributed by atoms with Crippen molar-refractivity contribution in [2.45, 2.75) is 47.5 Å². The van der Waals surface area contributed by atoms with E-state index >= 15 is 0 Å². The molecule has 3 aliphatic heterocycles. The zero-order valence-electron chi connectivity index (χ0n) is 20.5. The number of pyridine rings is 1. The molecule has 190 valence electrons. The first kappa shape index (κ1) is 22.9. The molecule has 8 heteroatoms. The monoisotopic (exact) mass is 515 g/mol. The molecule has 1 aliphatic carbocycles. The summed E-state index contributed by atoms with van der Waals surface area (Å²) in [6.45, 7) is 1.22. The zero-order valence-corrected chi connectivity index (χ0v) is 21.3. The first-order valence-corrected chi connectivity index (χ1v) is 13.9. The molecule has 0 bridgehead atoms. The average Bonchev–Trinajstić information content (AvgIpc) is 2.95. The number of hydrogen-bond acceptors (Lipinski definition) is 6. The maximum Gasteiger partial charge on any atom is 0.278 e. The third kappa shape index (κ3) is 3.31. The molecule has 4 aliphatic rings. The van der Waals surface area contributed by atoms with Crippen molar-refractivity contribution in [3.63, 3.8) is 0 Å². The molecule has 1 N–H and O–H groups in total. The molecule has 1 saturated carbocycles. The molecule has 1 aromatic heterocycles. The van der Waals surface area contributed by atoms with Gasteiger partial charge >= 0.3 is 0 Å². The van der Waals surface area contributed by atoms with Crippen molar-refractivity contribution in [3.8, 4) is 5.75 Å². The molecule has 2 fully saturated rings. The highest BCUT2D eigenvalue weighted by Gasteiger charge is 2.55. The van der Waals surface area contributed by atoms with E-state index in [9.17, 15) is 14.7 Å². The van der Waals surface area contributed by atoms with Gasteiger partial charge in [-0.3, -0.25) is 19.3 Å². The molecule has 7 nitrogen and oxygen atoms in total. The van der Waals surface area contributed by atoms with Crippen molar-refractivity contribution in [1.82, 2.24) is 9.58 Å². The molecule has 37 heavy (non-hydrogen) atoms. The summed E-state index contributed by atoms with van der Waals surface area (Å²) in [6.07, 6.45) is 5.72. The minimum absolute atomic E-state index is 0.0440. The van der Waals surface area contributed by atoms with Crippen LogP contribution in [0.2, 0.25) is 0 Å². The summed E-state index contributed by atoms with van der Waals surface area (Å²) in [5.41, 5.74) is 2.05. The number of morpholine rings is 1. The van der Waals surface area contributed by atoms with Crippen molar-refractivity contribution in [2.24, 2.45) is 5.92 Å². The van der Waals surface area contributed by atoms with Crippen molar-refractivity contribution in [1.29, 1.82) is 0 Å². The van der Waals surface area contributed by atoms with Crippen LogP contribution in [0.1, 0.15) is 53.3 Å². The molecule has 1 saturated heterocycles. The smallest absolute Gasteiger partial charge is 0.278 e. The summed E-state index contributed by atoms with van der Waals surface area (Å²) >= 11 is 1.98. The third-order valence-corrected chi connectivity index (χ3v) is 10.2. The summed E-state index contributed by atoms with van der Waals surface area (Å²) in [5.74, 6) is -0.565. The van der Waals surface area contributed by atoms with Gasteiger partial charge in [0.2, 0.25) is 5.43 Å². The Morgan fingerprint density at radius 1 is 1.00 bits per heavy atom. The fourth-order valence-corrected chi connectivity index (χ4v) is 8.70. The topological polar surface area (TPSA) is 75.0 Å². The van der Waals surface area contributed by atoms with Crippen LogP contribution < -0.4 is 10.4 Å². The van der Waals surface area contributed by atoms with Crippen molar-refractivity contribution in [3.05, 3.63) is 93.9 Å². The SMILES string of the molecule is O=C1c2c(O)c(=O)ccn2N([C@H]2c3ccccc3SC3(c4ccccc4)CCCCC23)[C@@H]2COCCN12. The standard InChI is InChI=1S/C29H29N3O4S/c33-22-13-15-31-26(27(22)34)28(35)30-16-17-36-18-24(30)32(31)25-20-10-4-5-12-23(20)37-29(14-7-6-11-21(25)29)19-8-2-1-3-9-19/h1-5,8-10,12-13,15,21,24-25,34H,6-7,11,14,16-18H2/t21?,24-,25+,29?/m1/s1. The van der Waals surface area contributed by atoms with Crippen molar-refractivity contribution >= 4 is 17.7 Å². The van der Waals surface area contributed by atoms with Crippen molar-refractivity contribution in [2.75, 3.05) is 24.8 Å². The number of amides is 1. The van der Waals surface area contributed by atoms with E-state index in [-0.39, 0.29) is 34.5 Å². The number of aromatic hydroxyl groups is 1. The lowest BCUT2D eigenvalue weighted by Gasteiger charge is -2.58. The summed E-state index contributed by atoms with van der Waals surface area (Å²) in [6, 6.07) is 20.7. The number of aromatic nitrogens is 1. The van der Waals surface area contributed by atoms with E-state index in [1.165, 1.54) is 22.1 Å². The highest BCUT2D eigenvalue weighted by atomic mass is 32.2. The van der Waals surface area contributed by atoms with Gasteiger partial charge in [-0.1, -0.05) is 61.4 Å². The molecule has 2 aromatic carbocycles. The van der Waals surface area contributed by atoms with Gasteiger partial charge in [0.05, 0.1) is 24.0 Å². The van der Waals surface area contributed by atoms with Gasteiger partial charge in [0, 0.05) is 29.6 Å². The van der Waals surface area contributed by atoms with Gasteiger partial charge in [-0.15, -0.1) is 11.8 Å². The van der Waals surface area contributed by atoms with Crippen LogP contribution in [0.4, 0.5) is 0 Å². The quantitative estimate of drug-likeness (QED) is 0.551. The number of rotatable bonds is 2. The first-order valence-electron chi connectivity index (χ1n) is 13.1. The second-order valence-electron chi connectivity index (χ2n) is 10.3. The van der Waals surface area contributed by atoms with Crippen LogP contribution in [0.3, 0.4) is 0 Å². The number of hydrogen-bond donors (Lipinski definition) is 1. The van der Waals surface area contributed by atoms with Gasteiger partial charge in [0.1, 0.15) is 6.17 Å². The van der Waals surface area contributed by atoms with Crippen LogP contribution in [0.5, 0.6) is 5.75 Å². The van der Waals surface area contributed by atoms with Crippen LogP contribution in [0, 0.1) is 5.92 Å². The summed E-state index contributed by atoms with van der Waals surface area (Å²) in [4.78, 5) is 29.1. The fraction of sp³-hybridized carbons (Fsp3) is 0.379. The lowest BCUT2D eigenvalue weighted by Crippen LogP contribution is -2.68. The summed E-state index contributed by atoms with van der Waals surface area (Å²) in [7, 11) is 0. The largest absolute Gasteiger partial charge is 0.502 e. The number of thioether (sulfide) groups is 1. The van der Waals surface area contributed by atoms with Gasteiger partial charge in [-0.25, -0.2) is 0 Å². The van der Waals surface area contributed by atoms with E-state index in [1.807, 2.05) is 11.8 Å². The fourth-order valence-electron chi connectivity index (χ4n) is 6.96. The van der Waals surface area contributed by atoms with Crippen LogP contribution in [-0.4, -0.2) is 46.5 Å². The number of carbonyl (C=O) groups is 1. The predicted octanol–water partition coefficient (Wildman–Crippen LogP) is 4.24. The summed E-state index contributed by atoms with van der Waals surface area (Å²) < 4.78 is 7.56. The van der Waals surface area contributed by atoms with Crippen LogP contribution >= 0.6 is 11.8 Å². The molecule has 0 radical (unpaired) electrons. The minimum Gasteiger partial charge on any atom is -0.502 e. The molecule has 4 atom stereocenters. The Labute approximate surface area is 219 Å². The first-order chi connectivity index (χ1) is 18.1. The number of ether oxygens (including phenoxy) is 1. The number of benzene rings is 2. The molecule has 4 heterocycles. The molecular formula is C29H29N3O4S. The minimum atomic E-state index is -0.540. The van der Waals surface area contributed by atoms with E-state index in [4.69, 9.17) is 4.74 Å². The lowest BCUT2D eigenvalue weighted by atomic mass is 9.69. The highest BCUT2D eigenvalue weighted by Crippen LogP contribution is 2.63. The Balaban J connectivity index is 1.49. The van der Waals surface area contributed by atoms with Gasteiger partial charge < -0.3 is 14.7 Å². The van der Waals surface area contributed by atoms with Crippen LogP contribution in [-0.2, 0) is 9.48 Å². The van der Waals surface area contributed by atoms with E-state index in [2.05, 4.69) is 59.6 Å². The van der Waals surface area contributed by atoms with E-state index in [0.29, 0.717) is 19.8 Å². The van der Waals surface area contributed by atoms with Crippen molar-refractivity contribution < 1.29 is 14.6 Å². The van der Waals surface area contributed by atoms with Crippen LogP contribution in [0.25, 0.3) is 0 Å². The Bertz CT molecular complexity index is 1430. The average molecular weight is 516 g/mol. The molecule has 0 spiro atoms. The Kier molecular flexibility index (Phi) is 5.37. The molecule has 1 amide bonds. The molecule has 2 unspecified atom stereocenters. The summed E-state index contributed by atoms with van der Waals surface area (Å²) in [5, 5.41) is 13.1. The van der Waals surface area contributed by atoms with Gasteiger partial charge in [0.25, 0.3) is 5.91 Å². The molecular weight excluding hydrogens is 486 g/mol. The van der Waals surface area contributed by atoms with Gasteiger partial charge in [-0.2, -0.15) is 0 Å². The van der Waals surface area contributed by atoms with Gasteiger partial charge in [-0.05, 0) is 30.0 Å². The Morgan fingerprint density at radius 3 is 2.68 bits per heavy atom. The zero-order chi connectivity index (χ0) is 25.1. The maximum absolute atomic E-state index is 13.6. The maximum atomic E-state index is 13.6. The second kappa shape index (κ2) is 8.67. The second-order valence-corrected chi connectivity index (χ2v) is 11.7.